The molecule has 3 nitrogen and oxygen atoms in total. The van der Waals surface area contributed by atoms with Crippen molar-refractivity contribution in [3.8, 4) is 0 Å². The molecule has 1 atom stereocenters. The Morgan fingerprint density at radius 1 is 1.47 bits per heavy atom. The van der Waals surface area contributed by atoms with Gasteiger partial charge in [0.2, 0.25) is 5.91 Å². The molecule has 1 aliphatic heterocycles. The highest BCUT2D eigenvalue weighted by atomic mass is 16.2. The van der Waals surface area contributed by atoms with E-state index in [9.17, 15) is 4.79 Å². The summed E-state index contributed by atoms with van der Waals surface area (Å²) < 4.78 is 0. The monoisotopic (exact) mass is 210 g/mol. The molecule has 0 spiro atoms. The van der Waals surface area contributed by atoms with E-state index < -0.39 is 0 Å². The van der Waals surface area contributed by atoms with E-state index in [0.29, 0.717) is 5.41 Å². The summed E-state index contributed by atoms with van der Waals surface area (Å²) in [5.41, 5.74) is 0.432. The van der Waals surface area contributed by atoms with E-state index in [4.69, 9.17) is 0 Å². The van der Waals surface area contributed by atoms with E-state index in [1.54, 1.807) is 0 Å². The number of hydrogen-bond acceptors (Lipinski definition) is 2. The van der Waals surface area contributed by atoms with Crippen molar-refractivity contribution in [3.63, 3.8) is 0 Å². The van der Waals surface area contributed by atoms with Gasteiger partial charge in [-0.05, 0) is 31.6 Å². The average molecular weight is 210 g/mol. The Morgan fingerprint density at radius 3 is 2.60 bits per heavy atom. The molecule has 1 amide bonds. The van der Waals surface area contributed by atoms with E-state index in [1.165, 1.54) is 32.1 Å². The summed E-state index contributed by atoms with van der Waals surface area (Å²) in [6.45, 7) is 5.94. The van der Waals surface area contributed by atoms with Crippen molar-refractivity contribution in [1.29, 1.82) is 0 Å². The third-order valence-electron chi connectivity index (χ3n) is 4.21. The van der Waals surface area contributed by atoms with Crippen LogP contribution in [0, 0.1) is 5.41 Å². The Balaban J connectivity index is 1.98. The summed E-state index contributed by atoms with van der Waals surface area (Å²) in [5, 5.41) is 3.21. The van der Waals surface area contributed by atoms with Gasteiger partial charge in [0.05, 0.1) is 12.7 Å². The minimum absolute atomic E-state index is 0.0281. The molecule has 1 N–H and O–H groups in total. The predicted octanol–water partition coefficient (Wildman–Crippen LogP) is 1.73. The van der Waals surface area contributed by atoms with Gasteiger partial charge in [-0.2, -0.15) is 0 Å². The molecule has 1 unspecified atom stereocenters. The van der Waals surface area contributed by atoms with Crippen LogP contribution in [0.25, 0.3) is 0 Å². The van der Waals surface area contributed by atoms with Crippen LogP contribution in [0.2, 0.25) is 0 Å². The molecule has 2 rings (SSSR count). The van der Waals surface area contributed by atoms with Crippen LogP contribution >= 0.6 is 0 Å². The van der Waals surface area contributed by atoms with Gasteiger partial charge in [-0.15, -0.1) is 0 Å². The molecule has 0 aromatic carbocycles. The van der Waals surface area contributed by atoms with Gasteiger partial charge in [0, 0.05) is 6.54 Å². The van der Waals surface area contributed by atoms with E-state index >= 15 is 0 Å². The summed E-state index contributed by atoms with van der Waals surface area (Å²) >= 11 is 0. The Morgan fingerprint density at radius 2 is 2.13 bits per heavy atom. The van der Waals surface area contributed by atoms with Crippen molar-refractivity contribution in [2.45, 2.75) is 52.0 Å². The summed E-state index contributed by atoms with van der Waals surface area (Å²) in [5.74, 6) is 0.287. The third kappa shape index (κ3) is 2.03. The van der Waals surface area contributed by atoms with Crippen molar-refractivity contribution in [2.75, 3.05) is 13.2 Å². The molecule has 15 heavy (non-hydrogen) atoms. The Kier molecular flexibility index (Phi) is 3.01. The van der Waals surface area contributed by atoms with Crippen molar-refractivity contribution in [1.82, 2.24) is 10.2 Å². The highest BCUT2D eigenvalue weighted by molar-refractivity contribution is 5.83. The van der Waals surface area contributed by atoms with Gasteiger partial charge >= 0.3 is 0 Å². The largest absolute Gasteiger partial charge is 0.328 e. The lowest BCUT2D eigenvalue weighted by molar-refractivity contribution is -0.130. The van der Waals surface area contributed by atoms with Crippen LogP contribution in [0.4, 0.5) is 0 Å². The maximum absolute atomic E-state index is 11.8. The van der Waals surface area contributed by atoms with Gasteiger partial charge in [0.15, 0.2) is 0 Å². The molecular formula is C12H22N2O. The lowest BCUT2D eigenvalue weighted by Crippen LogP contribution is -2.38. The van der Waals surface area contributed by atoms with Crippen molar-refractivity contribution in [3.05, 3.63) is 0 Å². The number of hydrogen-bond donors (Lipinski definition) is 1. The summed E-state index contributed by atoms with van der Waals surface area (Å²) in [6, 6.07) is 0.0281. The first-order valence-electron chi connectivity index (χ1n) is 6.19. The first kappa shape index (κ1) is 10.9. The molecule has 86 valence electrons. The van der Waals surface area contributed by atoms with Crippen LogP contribution in [-0.2, 0) is 4.79 Å². The first-order chi connectivity index (χ1) is 7.17. The Hall–Kier alpha value is -0.570. The van der Waals surface area contributed by atoms with Crippen molar-refractivity contribution < 1.29 is 4.79 Å². The van der Waals surface area contributed by atoms with Crippen molar-refractivity contribution >= 4 is 5.91 Å². The number of nitrogens with one attached hydrogen (secondary N) is 1. The second kappa shape index (κ2) is 4.12. The highest BCUT2D eigenvalue weighted by Crippen LogP contribution is 2.41. The lowest BCUT2D eigenvalue weighted by Gasteiger charge is -2.32. The molecule has 1 saturated heterocycles. The van der Waals surface area contributed by atoms with E-state index in [0.717, 1.165) is 13.2 Å². The molecule has 3 heteroatoms. The Bertz CT molecular complexity index is 246. The van der Waals surface area contributed by atoms with Crippen LogP contribution in [0.5, 0.6) is 0 Å². The predicted molar refractivity (Wildman–Crippen MR) is 60.4 cm³/mol. The number of amides is 1. The standard InChI is InChI=1S/C12H22N2O/c1-3-12(6-4-5-7-12)8-14-9-13-10(2)11(14)15/h10,13H,3-9H2,1-2H3. The zero-order valence-electron chi connectivity index (χ0n) is 9.88. The van der Waals surface area contributed by atoms with Gasteiger partial charge in [0.25, 0.3) is 0 Å². The molecule has 1 aliphatic carbocycles. The lowest BCUT2D eigenvalue weighted by atomic mass is 9.83. The zero-order valence-corrected chi connectivity index (χ0v) is 9.88. The second-order valence-corrected chi connectivity index (χ2v) is 5.18. The second-order valence-electron chi connectivity index (χ2n) is 5.18. The normalized spacial score (nSPS) is 30.1. The van der Waals surface area contributed by atoms with Gasteiger partial charge < -0.3 is 4.90 Å². The molecule has 1 heterocycles. The molecule has 0 bridgehead atoms. The number of rotatable bonds is 3. The van der Waals surface area contributed by atoms with Crippen LogP contribution < -0.4 is 5.32 Å². The zero-order chi connectivity index (χ0) is 10.9. The molecule has 1 saturated carbocycles. The first-order valence-corrected chi connectivity index (χ1v) is 6.19. The molecule has 2 fully saturated rings. The van der Waals surface area contributed by atoms with E-state index in [-0.39, 0.29) is 11.9 Å². The number of nitrogens with zero attached hydrogens (tertiary/aromatic N) is 1. The van der Waals surface area contributed by atoms with Gasteiger partial charge in [-0.1, -0.05) is 19.8 Å². The van der Waals surface area contributed by atoms with Crippen LogP contribution in [-0.4, -0.2) is 30.1 Å². The van der Waals surface area contributed by atoms with Gasteiger partial charge in [-0.3, -0.25) is 10.1 Å². The fraction of sp³-hybridized carbons (Fsp3) is 0.917. The fourth-order valence-corrected chi connectivity index (χ4v) is 2.97. The minimum Gasteiger partial charge on any atom is -0.328 e. The summed E-state index contributed by atoms with van der Waals surface area (Å²) in [6.07, 6.45) is 6.52. The molecule has 0 radical (unpaired) electrons. The average Bonchev–Trinajstić information content (AvgIpc) is 2.82. The molecule has 0 aromatic rings. The molecule has 0 aromatic heterocycles. The van der Waals surface area contributed by atoms with Crippen LogP contribution in [0.15, 0.2) is 0 Å². The minimum atomic E-state index is 0.0281. The van der Waals surface area contributed by atoms with E-state index in [1.807, 2.05) is 11.8 Å². The summed E-state index contributed by atoms with van der Waals surface area (Å²) in [4.78, 5) is 13.8. The van der Waals surface area contributed by atoms with Crippen LogP contribution in [0.1, 0.15) is 46.0 Å². The molecular weight excluding hydrogens is 188 g/mol. The smallest absolute Gasteiger partial charge is 0.240 e. The van der Waals surface area contributed by atoms with Gasteiger partial charge in [0.1, 0.15) is 0 Å². The number of carbonyl (C=O) groups is 1. The van der Waals surface area contributed by atoms with E-state index in [2.05, 4.69) is 12.2 Å². The van der Waals surface area contributed by atoms with Crippen molar-refractivity contribution in [2.24, 2.45) is 5.41 Å². The van der Waals surface area contributed by atoms with Crippen LogP contribution in [0.3, 0.4) is 0 Å². The van der Waals surface area contributed by atoms with Gasteiger partial charge in [-0.25, -0.2) is 0 Å². The Labute approximate surface area is 92.2 Å². The SMILES string of the molecule is CCC1(CN2CNC(C)C2=O)CCCC1. The summed E-state index contributed by atoms with van der Waals surface area (Å²) in [7, 11) is 0. The quantitative estimate of drug-likeness (QED) is 0.769. The number of carbonyl (C=O) groups excluding carboxylic acids is 1. The highest BCUT2D eigenvalue weighted by Gasteiger charge is 2.37. The third-order valence-corrected chi connectivity index (χ3v) is 4.21. The topological polar surface area (TPSA) is 32.3 Å². The fourth-order valence-electron chi connectivity index (χ4n) is 2.97. The maximum atomic E-state index is 11.8. The maximum Gasteiger partial charge on any atom is 0.240 e. The molecule has 2 aliphatic rings.